The lowest BCUT2D eigenvalue weighted by Crippen LogP contribution is -2.20. The normalized spacial score (nSPS) is 12.3. The molecule has 0 unspecified atom stereocenters. The molecule has 2 aromatic rings. The van der Waals surface area contributed by atoms with Crippen LogP contribution in [-0.4, -0.2) is 28.2 Å². The molecule has 0 fully saturated rings. The van der Waals surface area contributed by atoms with Crippen molar-refractivity contribution in [1.82, 2.24) is 19.7 Å². The molecule has 2 N–H and O–H groups in total. The predicted octanol–water partition coefficient (Wildman–Crippen LogP) is 1.01. The lowest BCUT2D eigenvalue weighted by molar-refractivity contribution is 0.486. The van der Waals surface area contributed by atoms with Crippen LogP contribution in [0.1, 0.15) is 19.5 Å². The molecule has 0 saturated carbocycles. The Balaban J connectivity index is 2.63. The van der Waals surface area contributed by atoms with Crippen molar-refractivity contribution in [2.75, 3.05) is 0 Å². The molecule has 7 nitrogen and oxygen atoms in total. The average Bonchev–Trinajstić information content (AvgIpc) is 2.82. The highest BCUT2D eigenvalue weighted by Gasteiger charge is 2.24. The van der Waals surface area contributed by atoms with Crippen LogP contribution < -0.4 is 5.14 Å². The summed E-state index contributed by atoms with van der Waals surface area (Å²) in [6.45, 7) is 6.29. The number of aromatic nitrogens is 4. The number of nitrogens with zero attached hydrogens (tertiary/aromatic N) is 4. The molecule has 2 rings (SSSR count). The summed E-state index contributed by atoms with van der Waals surface area (Å²) >= 11 is 1.40. The number of rotatable bonds is 4. The maximum absolute atomic E-state index is 11.5. The molecule has 9 heteroatoms. The molecule has 0 saturated heterocycles. The summed E-state index contributed by atoms with van der Waals surface area (Å²) < 4.78 is 24.6. The van der Waals surface area contributed by atoms with Gasteiger partial charge in [0.15, 0.2) is 5.82 Å². The number of hydrogen-bond donors (Lipinski definition) is 1. The van der Waals surface area contributed by atoms with Crippen LogP contribution in [0.5, 0.6) is 0 Å². The molecule has 104 valence electrons. The fourth-order valence-corrected chi connectivity index (χ4v) is 3.13. The number of thiazole rings is 1. The zero-order valence-corrected chi connectivity index (χ0v) is 12.5. The molecule has 0 aliphatic rings. The standard InChI is InChI=1S/C10H15N5O2S2/c1-6(2)4-15-9(8-7(3)12-5-18-8)13-14-10(15)19(11,16)17/h5-6H,4H2,1-3H3,(H2,11,16,17). The van der Waals surface area contributed by atoms with Gasteiger partial charge >= 0.3 is 0 Å². The minimum Gasteiger partial charge on any atom is -0.296 e. The van der Waals surface area contributed by atoms with Crippen LogP contribution in [0.25, 0.3) is 10.7 Å². The van der Waals surface area contributed by atoms with Crippen molar-refractivity contribution in [2.45, 2.75) is 32.5 Å². The van der Waals surface area contributed by atoms with Crippen LogP contribution in [0.3, 0.4) is 0 Å². The predicted molar refractivity (Wildman–Crippen MR) is 72.1 cm³/mol. The Hall–Kier alpha value is -1.32. The van der Waals surface area contributed by atoms with E-state index in [-0.39, 0.29) is 11.1 Å². The number of hydrogen-bond acceptors (Lipinski definition) is 6. The Morgan fingerprint density at radius 2 is 2.11 bits per heavy atom. The number of nitrogens with two attached hydrogens (primary N) is 1. The molecule has 0 aliphatic carbocycles. The summed E-state index contributed by atoms with van der Waals surface area (Å²) in [6.07, 6.45) is 0. The molecule has 0 atom stereocenters. The second-order valence-electron chi connectivity index (χ2n) is 4.62. The second kappa shape index (κ2) is 4.99. The van der Waals surface area contributed by atoms with Crippen molar-refractivity contribution in [3.63, 3.8) is 0 Å². The third-order valence-electron chi connectivity index (χ3n) is 2.47. The van der Waals surface area contributed by atoms with Crippen LogP contribution in [0.2, 0.25) is 0 Å². The van der Waals surface area contributed by atoms with Gasteiger partial charge in [-0.2, -0.15) is 0 Å². The van der Waals surface area contributed by atoms with Crippen molar-refractivity contribution in [3.8, 4) is 10.7 Å². The maximum Gasteiger partial charge on any atom is 0.273 e. The summed E-state index contributed by atoms with van der Waals surface area (Å²) in [4.78, 5) is 4.95. The molecule has 0 amide bonds. The van der Waals surface area contributed by atoms with E-state index in [9.17, 15) is 8.42 Å². The Morgan fingerprint density at radius 1 is 1.42 bits per heavy atom. The van der Waals surface area contributed by atoms with Crippen LogP contribution in [-0.2, 0) is 16.6 Å². The van der Waals surface area contributed by atoms with E-state index >= 15 is 0 Å². The minimum absolute atomic E-state index is 0.205. The molecule has 0 aliphatic heterocycles. The largest absolute Gasteiger partial charge is 0.296 e. The van der Waals surface area contributed by atoms with E-state index in [1.165, 1.54) is 11.3 Å². The lowest BCUT2D eigenvalue weighted by atomic mass is 10.2. The summed E-state index contributed by atoms with van der Waals surface area (Å²) in [6, 6.07) is 0. The zero-order valence-electron chi connectivity index (χ0n) is 10.9. The SMILES string of the molecule is Cc1ncsc1-c1nnc(S(N)(=O)=O)n1CC(C)C. The first kappa shape index (κ1) is 14.1. The third-order valence-corrected chi connectivity index (χ3v) is 4.20. The molecule has 2 heterocycles. The van der Waals surface area contributed by atoms with E-state index in [0.717, 1.165) is 10.6 Å². The van der Waals surface area contributed by atoms with Crippen molar-refractivity contribution >= 4 is 21.4 Å². The number of sulfonamides is 1. The van der Waals surface area contributed by atoms with Crippen LogP contribution >= 0.6 is 11.3 Å². The number of primary sulfonamides is 1. The maximum atomic E-state index is 11.5. The van der Waals surface area contributed by atoms with E-state index in [1.54, 1.807) is 10.1 Å². The summed E-state index contributed by atoms with van der Waals surface area (Å²) in [5.41, 5.74) is 2.48. The van der Waals surface area contributed by atoms with Gasteiger partial charge in [-0.05, 0) is 12.8 Å². The van der Waals surface area contributed by atoms with Gasteiger partial charge in [0.05, 0.1) is 16.1 Å². The molecule has 2 aromatic heterocycles. The molecule has 0 bridgehead atoms. The van der Waals surface area contributed by atoms with Crippen LogP contribution in [0.15, 0.2) is 10.7 Å². The van der Waals surface area contributed by atoms with Gasteiger partial charge < -0.3 is 0 Å². The Bertz CT molecular complexity index is 687. The smallest absolute Gasteiger partial charge is 0.273 e. The molecule has 0 radical (unpaired) electrons. The second-order valence-corrected chi connectivity index (χ2v) is 6.93. The van der Waals surface area contributed by atoms with Gasteiger partial charge in [0.2, 0.25) is 0 Å². The summed E-state index contributed by atoms with van der Waals surface area (Å²) in [5.74, 6) is 0.737. The zero-order chi connectivity index (χ0) is 14.2. The van der Waals surface area contributed by atoms with Gasteiger partial charge in [0, 0.05) is 6.54 Å². The van der Waals surface area contributed by atoms with Gasteiger partial charge in [0.25, 0.3) is 15.2 Å². The van der Waals surface area contributed by atoms with E-state index in [2.05, 4.69) is 15.2 Å². The Labute approximate surface area is 115 Å². The fourth-order valence-electron chi connectivity index (χ4n) is 1.71. The van der Waals surface area contributed by atoms with Crippen LogP contribution in [0, 0.1) is 12.8 Å². The quantitative estimate of drug-likeness (QED) is 0.907. The van der Waals surface area contributed by atoms with E-state index in [1.807, 2.05) is 20.8 Å². The van der Waals surface area contributed by atoms with Crippen molar-refractivity contribution < 1.29 is 8.42 Å². The Morgan fingerprint density at radius 3 is 2.58 bits per heavy atom. The molecular formula is C10H15N5O2S2. The van der Waals surface area contributed by atoms with Gasteiger partial charge in [0.1, 0.15) is 0 Å². The average molecular weight is 301 g/mol. The van der Waals surface area contributed by atoms with E-state index in [4.69, 9.17) is 5.14 Å². The molecule has 19 heavy (non-hydrogen) atoms. The van der Waals surface area contributed by atoms with Crippen molar-refractivity contribution in [2.24, 2.45) is 11.1 Å². The third kappa shape index (κ3) is 2.82. The highest BCUT2D eigenvalue weighted by Crippen LogP contribution is 2.27. The molecule has 0 aromatic carbocycles. The lowest BCUT2D eigenvalue weighted by Gasteiger charge is -2.10. The fraction of sp³-hybridized carbons (Fsp3) is 0.500. The minimum atomic E-state index is -3.89. The topological polar surface area (TPSA) is 104 Å². The first-order valence-corrected chi connectivity index (χ1v) is 8.09. The number of aryl methyl sites for hydroxylation is 1. The van der Waals surface area contributed by atoms with Crippen LogP contribution in [0.4, 0.5) is 0 Å². The Kier molecular flexibility index (Phi) is 3.70. The molecule has 0 spiro atoms. The first-order valence-electron chi connectivity index (χ1n) is 5.67. The highest BCUT2D eigenvalue weighted by atomic mass is 32.2. The van der Waals surface area contributed by atoms with Crippen molar-refractivity contribution in [1.29, 1.82) is 0 Å². The van der Waals surface area contributed by atoms with E-state index in [0.29, 0.717) is 12.4 Å². The van der Waals surface area contributed by atoms with Gasteiger partial charge in [-0.3, -0.25) is 4.57 Å². The summed E-state index contributed by atoms with van der Waals surface area (Å²) in [7, 11) is -3.89. The first-order chi connectivity index (χ1) is 8.80. The van der Waals surface area contributed by atoms with Gasteiger partial charge in [-0.1, -0.05) is 13.8 Å². The molecular weight excluding hydrogens is 286 g/mol. The summed E-state index contributed by atoms with van der Waals surface area (Å²) in [5, 5.41) is 12.6. The van der Waals surface area contributed by atoms with Gasteiger partial charge in [-0.25, -0.2) is 18.5 Å². The highest BCUT2D eigenvalue weighted by molar-refractivity contribution is 7.89. The van der Waals surface area contributed by atoms with E-state index < -0.39 is 10.0 Å². The van der Waals surface area contributed by atoms with Crippen molar-refractivity contribution in [3.05, 3.63) is 11.2 Å². The van der Waals surface area contributed by atoms with Gasteiger partial charge in [-0.15, -0.1) is 21.5 Å². The monoisotopic (exact) mass is 301 g/mol.